The van der Waals surface area contributed by atoms with Gasteiger partial charge in [0.1, 0.15) is 0 Å². The molecule has 0 aliphatic heterocycles. The molecule has 3 N–H and O–H groups in total. The molecule has 116 valence electrons. The van der Waals surface area contributed by atoms with Gasteiger partial charge in [-0.3, -0.25) is 5.43 Å². The molecule has 0 bridgehead atoms. The van der Waals surface area contributed by atoms with Crippen molar-refractivity contribution in [3.05, 3.63) is 71.9 Å². The van der Waals surface area contributed by atoms with Crippen LogP contribution in [0.3, 0.4) is 0 Å². The number of hydrogen-bond donors (Lipinski definition) is 3. The molecule has 3 aromatic rings. The van der Waals surface area contributed by atoms with Gasteiger partial charge in [0.05, 0.1) is 6.21 Å². The molecule has 3 rings (SSSR count). The molecule has 0 saturated carbocycles. The Hall–Kier alpha value is -2.66. The minimum absolute atomic E-state index is 0.525. The van der Waals surface area contributed by atoms with Crippen molar-refractivity contribution in [2.24, 2.45) is 5.10 Å². The van der Waals surface area contributed by atoms with Crippen LogP contribution in [0.5, 0.6) is 0 Å². The number of hydrazone groups is 1. The Morgan fingerprint density at radius 1 is 1.09 bits per heavy atom. The first-order chi connectivity index (χ1) is 11.3. The number of nitrogens with one attached hydrogen (secondary N) is 3. The summed E-state index contributed by atoms with van der Waals surface area (Å²) < 4.78 is 0. The first-order valence-corrected chi connectivity index (χ1v) is 7.91. The Bertz CT molecular complexity index is 808. The molecule has 0 aliphatic carbocycles. The maximum absolute atomic E-state index is 5.22. The van der Waals surface area contributed by atoms with Crippen molar-refractivity contribution < 1.29 is 0 Å². The molecule has 4 nitrogen and oxygen atoms in total. The van der Waals surface area contributed by atoms with Crippen molar-refractivity contribution in [3.8, 4) is 0 Å². The van der Waals surface area contributed by atoms with Gasteiger partial charge in [-0.05, 0) is 30.3 Å². The highest BCUT2D eigenvalue weighted by molar-refractivity contribution is 7.80. The van der Waals surface area contributed by atoms with E-state index in [4.69, 9.17) is 12.2 Å². The van der Waals surface area contributed by atoms with Crippen LogP contribution in [0.15, 0.2) is 65.9 Å². The first kappa shape index (κ1) is 15.2. The van der Waals surface area contributed by atoms with Crippen LogP contribution >= 0.6 is 12.2 Å². The molecule has 23 heavy (non-hydrogen) atoms. The molecule has 2 aromatic carbocycles. The van der Waals surface area contributed by atoms with Crippen LogP contribution in [0.1, 0.15) is 11.1 Å². The van der Waals surface area contributed by atoms with Gasteiger partial charge < -0.3 is 10.3 Å². The van der Waals surface area contributed by atoms with Gasteiger partial charge >= 0.3 is 0 Å². The number of nitrogens with zero attached hydrogens (tertiary/aromatic N) is 1. The summed E-state index contributed by atoms with van der Waals surface area (Å²) in [5, 5.41) is 9.00. The maximum atomic E-state index is 5.22. The Morgan fingerprint density at radius 2 is 1.87 bits per heavy atom. The highest BCUT2D eigenvalue weighted by Gasteiger charge is 1.99. The van der Waals surface area contributed by atoms with Crippen LogP contribution in [0, 0.1) is 0 Å². The summed E-state index contributed by atoms with van der Waals surface area (Å²) in [7, 11) is 0. The van der Waals surface area contributed by atoms with E-state index in [9.17, 15) is 0 Å². The molecule has 0 fully saturated rings. The van der Waals surface area contributed by atoms with Gasteiger partial charge in [-0.1, -0.05) is 48.5 Å². The van der Waals surface area contributed by atoms with Crippen molar-refractivity contribution >= 4 is 34.4 Å². The molecule has 0 spiro atoms. The molecule has 0 atom stereocenters. The Labute approximate surface area is 140 Å². The number of thiocarbonyl (C=S) groups is 1. The number of aromatic amines is 1. The minimum Gasteiger partial charge on any atom is -0.361 e. The van der Waals surface area contributed by atoms with E-state index in [-0.39, 0.29) is 0 Å². The lowest BCUT2D eigenvalue weighted by molar-refractivity contribution is 0.838. The summed E-state index contributed by atoms with van der Waals surface area (Å²) in [6.07, 6.45) is 4.63. The zero-order chi connectivity index (χ0) is 15.9. The fourth-order valence-corrected chi connectivity index (χ4v) is 2.52. The number of rotatable bonds is 5. The normalized spacial score (nSPS) is 11.0. The number of H-pyrrole nitrogens is 1. The summed E-state index contributed by atoms with van der Waals surface area (Å²) in [6, 6.07) is 18.4. The zero-order valence-corrected chi connectivity index (χ0v) is 13.4. The third kappa shape index (κ3) is 4.17. The molecule has 1 heterocycles. The van der Waals surface area contributed by atoms with Crippen LogP contribution in [-0.4, -0.2) is 22.9 Å². The van der Waals surface area contributed by atoms with E-state index in [1.54, 1.807) is 6.21 Å². The average Bonchev–Trinajstić information content (AvgIpc) is 2.99. The van der Waals surface area contributed by atoms with Crippen LogP contribution < -0.4 is 10.7 Å². The van der Waals surface area contributed by atoms with Crippen LogP contribution in [0.2, 0.25) is 0 Å². The van der Waals surface area contributed by atoms with Crippen LogP contribution in [0.4, 0.5) is 0 Å². The van der Waals surface area contributed by atoms with Gasteiger partial charge in [0.15, 0.2) is 5.11 Å². The van der Waals surface area contributed by atoms with E-state index < -0.39 is 0 Å². The lowest BCUT2D eigenvalue weighted by Crippen LogP contribution is -2.33. The van der Waals surface area contributed by atoms with Gasteiger partial charge in [-0.15, -0.1) is 0 Å². The zero-order valence-electron chi connectivity index (χ0n) is 12.6. The van der Waals surface area contributed by atoms with Gasteiger partial charge in [-0.2, -0.15) is 5.10 Å². The molecular formula is C18H18N4S. The predicted molar refractivity (Wildman–Crippen MR) is 99.8 cm³/mol. The van der Waals surface area contributed by atoms with Gasteiger partial charge in [0.25, 0.3) is 0 Å². The van der Waals surface area contributed by atoms with Crippen LogP contribution in [-0.2, 0) is 6.42 Å². The Balaban J connectivity index is 1.47. The third-order valence-corrected chi connectivity index (χ3v) is 3.77. The molecule has 1 aromatic heterocycles. The van der Waals surface area contributed by atoms with Gasteiger partial charge in [0, 0.05) is 29.2 Å². The quantitative estimate of drug-likeness (QED) is 0.384. The van der Waals surface area contributed by atoms with Crippen molar-refractivity contribution in [2.45, 2.75) is 6.42 Å². The molecule has 0 saturated heterocycles. The topological polar surface area (TPSA) is 52.2 Å². The molecule has 0 amide bonds. The maximum Gasteiger partial charge on any atom is 0.186 e. The number of benzene rings is 2. The second-order valence-electron chi connectivity index (χ2n) is 5.15. The number of para-hydroxylation sites is 1. The van der Waals surface area contributed by atoms with Crippen molar-refractivity contribution in [2.75, 3.05) is 6.54 Å². The molecule has 0 unspecified atom stereocenters. The van der Waals surface area contributed by atoms with E-state index >= 15 is 0 Å². The average molecular weight is 322 g/mol. The molecular weight excluding hydrogens is 304 g/mol. The van der Waals surface area contributed by atoms with Gasteiger partial charge in [-0.25, -0.2) is 0 Å². The summed E-state index contributed by atoms with van der Waals surface area (Å²) in [5.41, 5.74) is 6.25. The minimum atomic E-state index is 0.525. The van der Waals surface area contributed by atoms with E-state index in [1.807, 2.05) is 42.6 Å². The number of fused-ring (bicyclic) bond motifs is 1. The summed E-state index contributed by atoms with van der Waals surface area (Å²) in [6.45, 7) is 0.776. The highest BCUT2D eigenvalue weighted by Crippen LogP contribution is 2.15. The SMILES string of the molecule is S=C(NCCc1ccccc1)N/N=C/c1c[nH]c2ccccc12. The van der Waals surface area contributed by atoms with E-state index in [0.29, 0.717) is 5.11 Å². The monoisotopic (exact) mass is 322 g/mol. The first-order valence-electron chi connectivity index (χ1n) is 7.50. The summed E-state index contributed by atoms with van der Waals surface area (Å²) in [5.74, 6) is 0. The largest absolute Gasteiger partial charge is 0.361 e. The molecule has 0 aliphatic rings. The van der Waals surface area contributed by atoms with Crippen molar-refractivity contribution in [3.63, 3.8) is 0 Å². The summed E-state index contributed by atoms with van der Waals surface area (Å²) >= 11 is 5.22. The standard InChI is InChI=1S/C18H18N4S/c23-18(19-11-10-14-6-2-1-3-7-14)22-21-13-15-12-20-17-9-5-4-8-16(15)17/h1-9,12-13,20H,10-11H2,(H2,19,22,23)/b21-13+. The van der Waals surface area contributed by atoms with Gasteiger partial charge in [0.2, 0.25) is 0 Å². The Kier molecular flexibility index (Phi) is 5.01. The molecule has 5 heteroatoms. The predicted octanol–water partition coefficient (Wildman–Crippen LogP) is 3.21. The lowest BCUT2D eigenvalue weighted by Gasteiger charge is -2.06. The van der Waals surface area contributed by atoms with E-state index in [0.717, 1.165) is 29.4 Å². The second kappa shape index (κ2) is 7.56. The van der Waals surface area contributed by atoms with Crippen molar-refractivity contribution in [1.82, 2.24) is 15.7 Å². The van der Waals surface area contributed by atoms with E-state index in [2.05, 4.69) is 39.0 Å². The smallest absolute Gasteiger partial charge is 0.186 e. The summed E-state index contributed by atoms with van der Waals surface area (Å²) in [4.78, 5) is 3.21. The third-order valence-electron chi connectivity index (χ3n) is 3.53. The molecule has 0 radical (unpaired) electrons. The second-order valence-corrected chi connectivity index (χ2v) is 5.56. The van der Waals surface area contributed by atoms with E-state index in [1.165, 1.54) is 5.56 Å². The Morgan fingerprint density at radius 3 is 2.74 bits per heavy atom. The van der Waals surface area contributed by atoms with Crippen LogP contribution in [0.25, 0.3) is 10.9 Å². The number of aromatic nitrogens is 1. The fourth-order valence-electron chi connectivity index (χ4n) is 2.37. The highest BCUT2D eigenvalue weighted by atomic mass is 32.1. The van der Waals surface area contributed by atoms with Crippen molar-refractivity contribution in [1.29, 1.82) is 0 Å². The fraction of sp³-hybridized carbons (Fsp3) is 0.111. The number of hydrogen-bond acceptors (Lipinski definition) is 2. The lowest BCUT2D eigenvalue weighted by atomic mass is 10.1.